The van der Waals surface area contributed by atoms with Crippen LogP contribution in [-0.4, -0.2) is 41.8 Å². The van der Waals surface area contributed by atoms with Crippen LogP contribution in [0.2, 0.25) is 0 Å². The number of piperidine rings is 2. The van der Waals surface area contributed by atoms with Crippen molar-refractivity contribution < 1.29 is 9.18 Å². The van der Waals surface area contributed by atoms with E-state index in [1.54, 1.807) is 12.1 Å². The molecule has 118 valence electrons. The van der Waals surface area contributed by atoms with Gasteiger partial charge < -0.3 is 0 Å². The number of benzene rings is 1. The van der Waals surface area contributed by atoms with Gasteiger partial charge in [0.25, 0.3) is 0 Å². The van der Waals surface area contributed by atoms with E-state index in [4.69, 9.17) is 0 Å². The minimum Gasteiger partial charge on any atom is -0.298 e. The van der Waals surface area contributed by atoms with Crippen molar-refractivity contribution in [2.24, 2.45) is 10.8 Å². The largest absolute Gasteiger partial charge is 0.298 e. The van der Waals surface area contributed by atoms with Gasteiger partial charge in [0, 0.05) is 31.7 Å². The maximum absolute atomic E-state index is 14.3. The summed E-state index contributed by atoms with van der Waals surface area (Å²) in [5.41, 5.74) is 0.272. The molecule has 4 heteroatoms. The Labute approximate surface area is 131 Å². The van der Waals surface area contributed by atoms with Gasteiger partial charge >= 0.3 is 0 Å². The predicted molar refractivity (Wildman–Crippen MR) is 82.7 cm³/mol. The minimum atomic E-state index is -0.242. The van der Waals surface area contributed by atoms with E-state index >= 15 is 0 Å². The van der Waals surface area contributed by atoms with Crippen LogP contribution >= 0.6 is 0 Å². The fourth-order valence-corrected chi connectivity index (χ4v) is 5.04. The molecule has 0 unspecified atom stereocenters. The number of rotatable bonds is 3. The lowest BCUT2D eigenvalue weighted by atomic mass is 9.58. The SMILES string of the molecule is CCC12CN3CC(CC)(CN(C1)C3c1ccccc1F)C2=O. The second-order valence-electron chi connectivity index (χ2n) is 7.30. The summed E-state index contributed by atoms with van der Waals surface area (Å²) in [4.78, 5) is 17.8. The number of carbonyl (C=O) groups is 1. The highest BCUT2D eigenvalue weighted by atomic mass is 19.1. The first-order valence-corrected chi connectivity index (χ1v) is 8.33. The fraction of sp³-hybridized carbons (Fsp3) is 0.611. The molecule has 4 aliphatic heterocycles. The number of halogens is 1. The van der Waals surface area contributed by atoms with Crippen LogP contribution in [0.1, 0.15) is 38.4 Å². The van der Waals surface area contributed by atoms with Crippen LogP contribution in [-0.2, 0) is 4.79 Å². The average Bonchev–Trinajstić information content (AvgIpc) is 2.52. The Morgan fingerprint density at radius 3 is 2.00 bits per heavy atom. The van der Waals surface area contributed by atoms with Crippen LogP contribution in [0.4, 0.5) is 4.39 Å². The van der Waals surface area contributed by atoms with Gasteiger partial charge in [0.05, 0.1) is 17.0 Å². The van der Waals surface area contributed by atoms with Gasteiger partial charge in [0.2, 0.25) is 0 Å². The van der Waals surface area contributed by atoms with E-state index in [0.29, 0.717) is 5.78 Å². The molecule has 0 spiro atoms. The molecular formula is C18H23FN2O. The van der Waals surface area contributed by atoms with E-state index in [0.717, 1.165) is 44.6 Å². The molecule has 0 aromatic heterocycles. The van der Waals surface area contributed by atoms with Crippen LogP contribution in [0.5, 0.6) is 0 Å². The molecule has 0 amide bonds. The Morgan fingerprint density at radius 2 is 1.55 bits per heavy atom. The average molecular weight is 302 g/mol. The topological polar surface area (TPSA) is 23.6 Å². The third-order valence-electron chi connectivity index (χ3n) is 6.22. The monoisotopic (exact) mass is 302 g/mol. The van der Waals surface area contributed by atoms with E-state index in [2.05, 4.69) is 23.6 Å². The van der Waals surface area contributed by atoms with Crippen molar-refractivity contribution in [1.29, 1.82) is 0 Å². The van der Waals surface area contributed by atoms with Gasteiger partial charge in [-0.25, -0.2) is 4.39 Å². The lowest BCUT2D eigenvalue weighted by Gasteiger charge is -2.66. The molecule has 4 bridgehead atoms. The van der Waals surface area contributed by atoms with Crippen molar-refractivity contribution in [3.8, 4) is 0 Å². The first kappa shape index (κ1) is 14.3. The summed E-state index contributed by atoms with van der Waals surface area (Å²) in [7, 11) is 0. The molecule has 0 aliphatic carbocycles. The first-order chi connectivity index (χ1) is 10.6. The molecule has 0 radical (unpaired) electrons. The quantitative estimate of drug-likeness (QED) is 0.858. The predicted octanol–water partition coefficient (Wildman–Crippen LogP) is 2.83. The zero-order valence-electron chi connectivity index (χ0n) is 13.3. The van der Waals surface area contributed by atoms with E-state index < -0.39 is 0 Å². The van der Waals surface area contributed by atoms with Gasteiger partial charge in [0.15, 0.2) is 0 Å². The third kappa shape index (κ3) is 1.65. The smallest absolute Gasteiger partial charge is 0.150 e. The zero-order valence-corrected chi connectivity index (χ0v) is 13.3. The lowest BCUT2D eigenvalue weighted by molar-refractivity contribution is -0.204. The molecule has 0 saturated carbocycles. The summed E-state index contributed by atoms with van der Waals surface area (Å²) >= 11 is 0. The lowest BCUT2D eigenvalue weighted by Crippen LogP contribution is -2.76. The number of ketones is 1. The second-order valence-corrected chi connectivity index (χ2v) is 7.30. The van der Waals surface area contributed by atoms with Gasteiger partial charge in [-0.2, -0.15) is 0 Å². The maximum Gasteiger partial charge on any atom is 0.150 e. The summed E-state index contributed by atoms with van der Waals surface area (Å²) < 4.78 is 14.3. The minimum absolute atomic E-state index is 0.00588. The Morgan fingerprint density at radius 1 is 1.05 bits per heavy atom. The molecule has 4 saturated heterocycles. The molecule has 4 heterocycles. The highest BCUT2D eigenvalue weighted by Crippen LogP contribution is 2.54. The maximum atomic E-state index is 14.3. The summed E-state index contributed by atoms with van der Waals surface area (Å²) in [5, 5.41) is 0. The molecule has 1 aromatic rings. The number of hydrogen-bond acceptors (Lipinski definition) is 3. The van der Waals surface area contributed by atoms with Crippen LogP contribution in [0.25, 0.3) is 0 Å². The molecule has 3 nitrogen and oxygen atoms in total. The summed E-state index contributed by atoms with van der Waals surface area (Å²) in [6.07, 6.45) is 1.75. The Hall–Kier alpha value is -1.26. The van der Waals surface area contributed by atoms with Gasteiger partial charge in [-0.05, 0) is 18.9 Å². The summed E-state index contributed by atoms with van der Waals surface area (Å²) in [5.74, 6) is 0.326. The Bertz CT molecular complexity index is 587. The van der Waals surface area contributed by atoms with E-state index in [-0.39, 0.29) is 22.8 Å². The zero-order chi connectivity index (χ0) is 15.5. The first-order valence-electron chi connectivity index (χ1n) is 8.33. The van der Waals surface area contributed by atoms with Crippen LogP contribution in [0.3, 0.4) is 0 Å². The van der Waals surface area contributed by atoms with Crippen molar-refractivity contribution in [3.63, 3.8) is 0 Å². The van der Waals surface area contributed by atoms with Crippen molar-refractivity contribution in [2.75, 3.05) is 26.2 Å². The van der Waals surface area contributed by atoms with Crippen molar-refractivity contribution in [1.82, 2.24) is 9.80 Å². The molecule has 0 atom stereocenters. The van der Waals surface area contributed by atoms with Crippen LogP contribution in [0.15, 0.2) is 24.3 Å². The molecule has 1 aromatic carbocycles. The third-order valence-corrected chi connectivity index (χ3v) is 6.22. The highest BCUT2D eigenvalue weighted by molar-refractivity contribution is 5.93. The molecule has 4 aliphatic rings. The normalized spacial score (nSPS) is 42.9. The van der Waals surface area contributed by atoms with Crippen molar-refractivity contribution >= 4 is 5.78 Å². The van der Waals surface area contributed by atoms with Crippen molar-refractivity contribution in [2.45, 2.75) is 32.9 Å². The number of carbonyl (C=O) groups excluding carboxylic acids is 1. The molecule has 22 heavy (non-hydrogen) atoms. The van der Waals surface area contributed by atoms with E-state index in [1.165, 1.54) is 0 Å². The highest BCUT2D eigenvalue weighted by Gasteiger charge is 2.64. The van der Waals surface area contributed by atoms with Crippen LogP contribution in [0, 0.1) is 16.6 Å². The van der Waals surface area contributed by atoms with E-state index in [9.17, 15) is 9.18 Å². The van der Waals surface area contributed by atoms with Gasteiger partial charge in [-0.1, -0.05) is 32.0 Å². The summed E-state index contributed by atoms with van der Waals surface area (Å²) in [6, 6.07) is 7.08. The molecule has 0 N–H and O–H groups in total. The van der Waals surface area contributed by atoms with Gasteiger partial charge in [-0.15, -0.1) is 0 Å². The molecular weight excluding hydrogens is 279 g/mol. The van der Waals surface area contributed by atoms with Crippen molar-refractivity contribution in [3.05, 3.63) is 35.6 Å². The number of hydrogen-bond donors (Lipinski definition) is 0. The molecule has 4 fully saturated rings. The Balaban J connectivity index is 1.78. The number of Topliss-reactive ketones (excluding diaryl/α,β-unsaturated/α-hetero) is 1. The summed E-state index contributed by atoms with van der Waals surface area (Å²) in [6.45, 7) is 7.35. The number of nitrogens with zero attached hydrogens (tertiary/aromatic N) is 2. The standard InChI is InChI=1S/C18H23FN2O/c1-3-17-9-20-11-18(4-2,16(17)22)12-21(10-17)15(20)13-7-5-6-8-14(13)19/h5-8,15H,3-4,9-12H2,1-2H3. The Kier molecular flexibility index (Phi) is 3.01. The fourth-order valence-electron chi connectivity index (χ4n) is 5.04. The van der Waals surface area contributed by atoms with Gasteiger partial charge in [-0.3, -0.25) is 14.6 Å². The second kappa shape index (κ2) is 4.62. The van der Waals surface area contributed by atoms with Gasteiger partial charge in [0.1, 0.15) is 11.6 Å². The van der Waals surface area contributed by atoms with Crippen LogP contribution < -0.4 is 0 Å². The van der Waals surface area contributed by atoms with E-state index in [1.807, 2.05) is 12.1 Å². The molecule has 5 rings (SSSR count).